The molecule has 0 radical (unpaired) electrons. The third-order valence-electron chi connectivity index (χ3n) is 2.78. The molecule has 0 bridgehead atoms. The number of nitrogens with zero attached hydrogens (tertiary/aromatic N) is 1. The van der Waals surface area contributed by atoms with Crippen LogP contribution in [-0.2, 0) is 0 Å². The van der Waals surface area contributed by atoms with E-state index in [0.717, 1.165) is 22.9 Å². The Kier molecular flexibility index (Phi) is 3.24. The number of rotatable bonds is 2. The standard InChI is InChI=1S/C14H15N3/c1-10-8-12(5-4-11-2-3-11)6-7-13(10)14(9-15)17-16/h6-9,11,15H,2-3,16H2,1H3/b15-9?,17-14+. The van der Waals surface area contributed by atoms with Crippen molar-refractivity contribution in [2.45, 2.75) is 19.8 Å². The first-order valence-electron chi connectivity index (χ1n) is 5.65. The Morgan fingerprint density at radius 2 is 2.29 bits per heavy atom. The van der Waals surface area contributed by atoms with Gasteiger partial charge in [0.2, 0.25) is 0 Å². The predicted octanol–water partition coefficient (Wildman–Crippen LogP) is 2.07. The lowest BCUT2D eigenvalue weighted by atomic mass is 10.0. The molecular weight excluding hydrogens is 210 g/mol. The van der Waals surface area contributed by atoms with Crippen LogP contribution in [-0.4, -0.2) is 11.9 Å². The van der Waals surface area contributed by atoms with Gasteiger partial charge in [-0.2, -0.15) is 5.10 Å². The van der Waals surface area contributed by atoms with Gasteiger partial charge in [0.15, 0.2) is 0 Å². The quantitative estimate of drug-likeness (QED) is 0.344. The van der Waals surface area contributed by atoms with E-state index in [1.54, 1.807) is 0 Å². The summed E-state index contributed by atoms with van der Waals surface area (Å²) >= 11 is 0. The summed E-state index contributed by atoms with van der Waals surface area (Å²) in [6, 6.07) is 5.88. The van der Waals surface area contributed by atoms with Gasteiger partial charge in [-0.15, -0.1) is 0 Å². The molecular formula is C14H15N3. The van der Waals surface area contributed by atoms with E-state index in [4.69, 9.17) is 11.3 Å². The average Bonchev–Trinajstić information content (AvgIpc) is 3.14. The minimum Gasteiger partial charge on any atom is -0.323 e. The zero-order valence-corrected chi connectivity index (χ0v) is 9.83. The molecule has 1 aliphatic rings. The molecule has 1 aromatic carbocycles. The molecule has 1 saturated carbocycles. The number of benzene rings is 1. The smallest absolute Gasteiger partial charge is 0.108 e. The van der Waals surface area contributed by atoms with Crippen LogP contribution < -0.4 is 5.84 Å². The van der Waals surface area contributed by atoms with Gasteiger partial charge < -0.3 is 11.3 Å². The maximum Gasteiger partial charge on any atom is 0.108 e. The summed E-state index contributed by atoms with van der Waals surface area (Å²) in [5.41, 5.74) is 3.43. The lowest BCUT2D eigenvalue weighted by Crippen LogP contribution is -2.07. The summed E-state index contributed by atoms with van der Waals surface area (Å²) in [4.78, 5) is 0. The van der Waals surface area contributed by atoms with Gasteiger partial charge in [0.1, 0.15) is 5.71 Å². The third kappa shape index (κ3) is 2.73. The number of hydrogen-bond donors (Lipinski definition) is 2. The SMILES string of the molecule is Cc1cc(C#CC2CC2)ccc1/C(C=N)=N/N. The van der Waals surface area contributed by atoms with E-state index in [-0.39, 0.29) is 0 Å². The van der Waals surface area contributed by atoms with Crippen LogP contribution >= 0.6 is 0 Å². The van der Waals surface area contributed by atoms with Gasteiger partial charge in [0.05, 0.1) is 0 Å². The summed E-state index contributed by atoms with van der Waals surface area (Å²) < 4.78 is 0. The zero-order valence-electron chi connectivity index (χ0n) is 9.83. The van der Waals surface area contributed by atoms with Crippen molar-refractivity contribution >= 4 is 11.9 Å². The van der Waals surface area contributed by atoms with Crippen molar-refractivity contribution in [1.82, 2.24) is 0 Å². The van der Waals surface area contributed by atoms with Crippen LogP contribution in [0.2, 0.25) is 0 Å². The Balaban J connectivity index is 2.28. The van der Waals surface area contributed by atoms with Crippen LogP contribution in [0.15, 0.2) is 23.3 Å². The van der Waals surface area contributed by atoms with Crippen LogP contribution in [0.25, 0.3) is 0 Å². The maximum atomic E-state index is 7.23. The van der Waals surface area contributed by atoms with E-state index >= 15 is 0 Å². The van der Waals surface area contributed by atoms with Crippen LogP contribution in [0.1, 0.15) is 29.5 Å². The van der Waals surface area contributed by atoms with E-state index in [0.29, 0.717) is 11.6 Å². The van der Waals surface area contributed by atoms with Crippen LogP contribution in [0.3, 0.4) is 0 Å². The summed E-state index contributed by atoms with van der Waals surface area (Å²) in [6.45, 7) is 1.98. The molecule has 0 amide bonds. The topological polar surface area (TPSA) is 62.2 Å². The zero-order chi connectivity index (χ0) is 12.3. The largest absolute Gasteiger partial charge is 0.323 e. The minimum absolute atomic E-state index is 0.490. The number of hydrogen-bond acceptors (Lipinski definition) is 3. The molecule has 0 aliphatic heterocycles. The highest BCUT2D eigenvalue weighted by Gasteiger charge is 2.17. The first kappa shape index (κ1) is 11.4. The molecule has 3 N–H and O–H groups in total. The molecule has 0 spiro atoms. The van der Waals surface area contributed by atoms with Gasteiger partial charge in [0, 0.05) is 23.3 Å². The Bertz CT molecular complexity index is 528. The minimum atomic E-state index is 0.490. The van der Waals surface area contributed by atoms with Gasteiger partial charge >= 0.3 is 0 Å². The lowest BCUT2D eigenvalue weighted by Gasteiger charge is -2.04. The number of nitrogens with one attached hydrogen (secondary N) is 1. The van der Waals surface area contributed by atoms with Crippen molar-refractivity contribution < 1.29 is 0 Å². The Hall–Kier alpha value is -2.08. The molecule has 3 heteroatoms. The van der Waals surface area contributed by atoms with Crippen LogP contribution in [0.4, 0.5) is 0 Å². The van der Waals surface area contributed by atoms with Crippen LogP contribution in [0.5, 0.6) is 0 Å². The van der Waals surface area contributed by atoms with E-state index in [1.165, 1.54) is 12.8 Å². The van der Waals surface area contributed by atoms with Crippen molar-refractivity contribution in [3.05, 3.63) is 34.9 Å². The average molecular weight is 225 g/mol. The highest BCUT2D eigenvalue weighted by molar-refractivity contribution is 6.37. The predicted molar refractivity (Wildman–Crippen MR) is 70.3 cm³/mol. The van der Waals surface area contributed by atoms with E-state index in [9.17, 15) is 0 Å². The van der Waals surface area contributed by atoms with E-state index < -0.39 is 0 Å². The monoisotopic (exact) mass is 225 g/mol. The van der Waals surface area contributed by atoms with Crippen LogP contribution in [0, 0.1) is 30.1 Å². The highest BCUT2D eigenvalue weighted by atomic mass is 15.1. The van der Waals surface area contributed by atoms with Crippen molar-refractivity contribution in [3.8, 4) is 11.8 Å². The maximum absolute atomic E-state index is 7.23. The molecule has 0 unspecified atom stereocenters. The molecule has 1 aromatic rings. The fourth-order valence-corrected chi connectivity index (χ4v) is 1.63. The molecule has 2 rings (SSSR count). The molecule has 0 heterocycles. The van der Waals surface area contributed by atoms with Crippen molar-refractivity contribution in [2.24, 2.45) is 16.9 Å². The molecule has 86 valence electrons. The van der Waals surface area contributed by atoms with Crippen molar-refractivity contribution in [2.75, 3.05) is 0 Å². The second-order valence-electron chi connectivity index (χ2n) is 4.23. The number of nitrogens with two attached hydrogens (primary N) is 1. The summed E-state index contributed by atoms with van der Waals surface area (Å²) in [6.07, 6.45) is 3.64. The molecule has 3 nitrogen and oxygen atoms in total. The van der Waals surface area contributed by atoms with E-state index in [2.05, 4.69) is 16.9 Å². The lowest BCUT2D eigenvalue weighted by molar-refractivity contribution is 1.18. The summed E-state index contributed by atoms with van der Waals surface area (Å²) in [7, 11) is 0. The highest BCUT2D eigenvalue weighted by Crippen LogP contribution is 2.27. The number of aryl methyl sites for hydroxylation is 1. The molecule has 17 heavy (non-hydrogen) atoms. The van der Waals surface area contributed by atoms with Gasteiger partial charge in [-0.3, -0.25) is 0 Å². The summed E-state index contributed by atoms with van der Waals surface area (Å²) in [5.74, 6) is 12.2. The Labute approximate surface area is 101 Å². The number of hydrazone groups is 1. The Morgan fingerprint density at radius 3 is 2.82 bits per heavy atom. The first-order valence-corrected chi connectivity index (χ1v) is 5.65. The van der Waals surface area contributed by atoms with Gasteiger partial charge in [-0.05, 0) is 37.5 Å². The molecule has 1 fully saturated rings. The van der Waals surface area contributed by atoms with Crippen molar-refractivity contribution in [1.29, 1.82) is 5.41 Å². The second-order valence-corrected chi connectivity index (χ2v) is 4.23. The van der Waals surface area contributed by atoms with Crippen molar-refractivity contribution in [3.63, 3.8) is 0 Å². The molecule has 0 saturated heterocycles. The van der Waals surface area contributed by atoms with Gasteiger partial charge in [0.25, 0.3) is 0 Å². The first-order chi connectivity index (χ1) is 8.24. The van der Waals surface area contributed by atoms with E-state index in [1.807, 2.05) is 25.1 Å². The van der Waals surface area contributed by atoms with Gasteiger partial charge in [-0.25, -0.2) is 0 Å². The Morgan fingerprint density at radius 1 is 1.53 bits per heavy atom. The molecule has 1 aliphatic carbocycles. The molecule has 0 aromatic heterocycles. The fourth-order valence-electron chi connectivity index (χ4n) is 1.63. The summed E-state index contributed by atoms with van der Waals surface area (Å²) in [5, 5.41) is 10.8. The van der Waals surface area contributed by atoms with Gasteiger partial charge in [-0.1, -0.05) is 17.9 Å². The second kappa shape index (κ2) is 4.84. The fraction of sp³-hybridized carbons (Fsp3) is 0.286. The normalized spacial score (nSPS) is 15.0. The third-order valence-corrected chi connectivity index (χ3v) is 2.78. The molecule has 0 atom stereocenters.